The summed E-state index contributed by atoms with van der Waals surface area (Å²) in [7, 11) is 1.94. The van der Waals surface area contributed by atoms with Crippen LogP contribution in [0.15, 0.2) is 55.1 Å². The van der Waals surface area contributed by atoms with Gasteiger partial charge in [0.25, 0.3) is 12.3 Å². The zero-order valence-electron chi connectivity index (χ0n) is 24.7. The number of rotatable bonds is 11. The zero-order valence-corrected chi connectivity index (χ0v) is 24.7. The molecule has 0 spiro atoms. The van der Waals surface area contributed by atoms with Gasteiger partial charge >= 0.3 is 6.09 Å². The number of carbonyl (C=O) groups is 2. The Labute approximate surface area is 257 Å². The molecule has 5 aromatic rings. The third-order valence-electron chi connectivity index (χ3n) is 8.65. The topological polar surface area (TPSA) is 119 Å². The average Bonchev–Trinajstić information content (AvgIpc) is 3.39. The molecule has 2 amide bonds. The number of amides is 2. The third kappa shape index (κ3) is 5.58. The highest BCUT2D eigenvalue weighted by Crippen LogP contribution is 2.40. The predicted molar refractivity (Wildman–Crippen MR) is 163 cm³/mol. The van der Waals surface area contributed by atoms with Crippen LogP contribution in [0.3, 0.4) is 0 Å². The van der Waals surface area contributed by atoms with E-state index in [9.17, 15) is 14.0 Å². The Kier molecular flexibility index (Phi) is 7.38. The molecular weight excluding hydrogens is 584 g/mol. The van der Waals surface area contributed by atoms with Gasteiger partial charge in [0.1, 0.15) is 12.4 Å². The molecule has 2 N–H and O–H groups in total. The first kappa shape index (κ1) is 28.8. The molecule has 2 aliphatic rings. The summed E-state index contributed by atoms with van der Waals surface area (Å²) in [6.07, 6.45) is 4.73. The predicted octanol–water partition coefficient (Wildman–Crippen LogP) is 4.78. The number of alkyl halides is 2. The number of aryl methyl sites for hydroxylation is 1. The fourth-order valence-electron chi connectivity index (χ4n) is 6.25. The van der Waals surface area contributed by atoms with E-state index in [1.807, 2.05) is 35.9 Å². The second kappa shape index (κ2) is 11.5. The number of hydrogen-bond donors (Lipinski definition) is 2. The molecule has 0 radical (unpaired) electrons. The van der Waals surface area contributed by atoms with Crippen LogP contribution >= 0.6 is 0 Å². The molecule has 45 heavy (non-hydrogen) atoms. The second-order valence-electron chi connectivity index (χ2n) is 11.9. The highest BCUT2D eigenvalue weighted by atomic mass is 19.1. The molecule has 0 saturated heterocycles. The molecule has 1 unspecified atom stereocenters. The molecule has 234 valence electrons. The van der Waals surface area contributed by atoms with E-state index < -0.39 is 25.2 Å². The van der Waals surface area contributed by atoms with Gasteiger partial charge in [-0.05, 0) is 55.0 Å². The van der Waals surface area contributed by atoms with E-state index in [0.717, 1.165) is 47.1 Å². The van der Waals surface area contributed by atoms with Crippen molar-refractivity contribution in [2.45, 2.75) is 44.8 Å². The van der Waals surface area contributed by atoms with Gasteiger partial charge < -0.3 is 33.8 Å². The van der Waals surface area contributed by atoms with E-state index >= 15 is 4.39 Å². The number of nitrogens with zero attached hydrogens (tertiary/aromatic N) is 6. The molecule has 3 aromatic heterocycles. The van der Waals surface area contributed by atoms with Crippen molar-refractivity contribution in [3.63, 3.8) is 0 Å². The van der Waals surface area contributed by atoms with E-state index in [0.29, 0.717) is 41.5 Å². The van der Waals surface area contributed by atoms with Crippen LogP contribution in [0.25, 0.3) is 33.5 Å². The first-order chi connectivity index (χ1) is 21.8. The SMILES string of the molecule is Cn1c(-c2cc3cccc(OC(F)Cn4ccnc4)c3n2CC2CC2)nc2cc3c(cc21)CCN(C[C@@H](CF)NC(=O)O)C3=O. The number of hydrogen-bond acceptors (Lipinski definition) is 5. The maximum Gasteiger partial charge on any atom is 0.405 e. The first-order valence-corrected chi connectivity index (χ1v) is 15.0. The van der Waals surface area contributed by atoms with Crippen molar-refractivity contribution in [3.8, 4) is 17.3 Å². The Morgan fingerprint density at radius 1 is 1.22 bits per heavy atom. The summed E-state index contributed by atoms with van der Waals surface area (Å²) in [5, 5.41) is 12.1. The molecule has 1 aliphatic carbocycles. The largest absolute Gasteiger partial charge is 0.465 e. The van der Waals surface area contributed by atoms with Crippen LogP contribution in [0.2, 0.25) is 0 Å². The Hall–Kier alpha value is -4.94. The third-order valence-corrected chi connectivity index (χ3v) is 8.65. The second-order valence-corrected chi connectivity index (χ2v) is 11.9. The van der Waals surface area contributed by atoms with Gasteiger partial charge in [0.05, 0.1) is 41.2 Å². The van der Waals surface area contributed by atoms with Crippen LogP contribution in [-0.4, -0.2) is 77.8 Å². The van der Waals surface area contributed by atoms with Crippen molar-refractivity contribution in [1.82, 2.24) is 33.9 Å². The van der Waals surface area contributed by atoms with Gasteiger partial charge in [-0.3, -0.25) is 4.79 Å². The minimum Gasteiger partial charge on any atom is -0.465 e. The lowest BCUT2D eigenvalue weighted by molar-refractivity contribution is 0.0523. The number of nitrogens with one attached hydrogen (secondary N) is 1. The summed E-state index contributed by atoms with van der Waals surface area (Å²) >= 11 is 0. The molecule has 4 heterocycles. The van der Waals surface area contributed by atoms with Crippen molar-refractivity contribution in [2.24, 2.45) is 13.0 Å². The van der Waals surface area contributed by atoms with Crippen molar-refractivity contribution in [3.05, 3.63) is 66.2 Å². The molecule has 1 fully saturated rings. The normalized spacial score (nSPS) is 16.2. The zero-order chi connectivity index (χ0) is 31.2. The highest BCUT2D eigenvalue weighted by molar-refractivity contribution is 6.01. The van der Waals surface area contributed by atoms with Crippen molar-refractivity contribution in [2.75, 3.05) is 19.8 Å². The number of carbonyl (C=O) groups excluding carboxylic acids is 1. The van der Waals surface area contributed by atoms with Crippen LogP contribution in [0.1, 0.15) is 28.8 Å². The summed E-state index contributed by atoms with van der Waals surface area (Å²) in [6, 6.07) is 10.4. The number of fused-ring (bicyclic) bond motifs is 3. The van der Waals surface area contributed by atoms with E-state index in [2.05, 4.69) is 14.9 Å². The molecule has 2 atom stereocenters. The fourth-order valence-corrected chi connectivity index (χ4v) is 6.25. The fraction of sp³-hybridized carbons (Fsp3) is 0.375. The molecule has 13 heteroatoms. The lowest BCUT2D eigenvalue weighted by Crippen LogP contribution is -2.48. The van der Waals surface area contributed by atoms with E-state index in [4.69, 9.17) is 14.8 Å². The molecular formula is C32H33F2N7O4. The van der Waals surface area contributed by atoms with Crippen LogP contribution in [0.5, 0.6) is 5.75 Å². The first-order valence-electron chi connectivity index (χ1n) is 15.0. The number of ether oxygens (including phenoxy) is 1. The number of aromatic nitrogens is 5. The van der Waals surface area contributed by atoms with Crippen molar-refractivity contribution < 1.29 is 28.2 Å². The van der Waals surface area contributed by atoms with Gasteiger partial charge in [-0.2, -0.15) is 4.39 Å². The minimum absolute atomic E-state index is 0.0165. The van der Waals surface area contributed by atoms with Gasteiger partial charge in [0.2, 0.25) is 0 Å². The summed E-state index contributed by atoms with van der Waals surface area (Å²) in [5.41, 5.74) is 4.52. The highest BCUT2D eigenvalue weighted by Gasteiger charge is 2.30. The molecule has 2 aromatic carbocycles. The van der Waals surface area contributed by atoms with E-state index in [-0.39, 0.29) is 19.0 Å². The molecule has 0 bridgehead atoms. The van der Waals surface area contributed by atoms with Crippen LogP contribution < -0.4 is 10.1 Å². The van der Waals surface area contributed by atoms with Gasteiger partial charge in [0.15, 0.2) is 5.82 Å². The van der Waals surface area contributed by atoms with E-state index in [1.54, 1.807) is 35.4 Å². The smallest absolute Gasteiger partial charge is 0.405 e. The maximum absolute atomic E-state index is 15.1. The number of para-hydroxylation sites is 1. The summed E-state index contributed by atoms with van der Waals surface area (Å²) in [6.45, 7) is 0.145. The molecule has 11 nitrogen and oxygen atoms in total. The number of benzene rings is 2. The van der Waals surface area contributed by atoms with Crippen molar-refractivity contribution in [1.29, 1.82) is 0 Å². The Morgan fingerprint density at radius 3 is 2.80 bits per heavy atom. The Bertz CT molecular complexity index is 1900. The van der Waals surface area contributed by atoms with Crippen LogP contribution in [-0.2, 0) is 26.6 Å². The number of imidazole rings is 2. The Morgan fingerprint density at radius 2 is 2.07 bits per heavy atom. The average molecular weight is 618 g/mol. The Balaban J connectivity index is 1.25. The minimum atomic E-state index is -1.57. The number of halogens is 2. The summed E-state index contributed by atoms with van der Waals surface area (Å²) < 4.78 is 40.2. The van der Waals surface area contributed by atoms with Gasteiger partial charge in [0, 0.05) is 50.0 Å². The maximum atomic E-state index is 15.1. The van der Waals surface area contributed by atoms with Gasteiger partial charge in [-0.1, -0.05) is 12.1 Å². The van der Waals surface area contributed by atoms with Crippen LogP contribution in [0, 0.1) is 5.92 Å². The van der Waals surface area contributed by atoms with Crippen LogP contribution in [0.4, 0.5) is 13.6 Å². The van der Waals surface area contributed by atoms with E-state index in [1.165, 1.54) is 4.90 Å². The molecule has 7 rings (SSSR count). The summed E-state index contributed by atoms with van der Waals surface area (Å²) in [4.78, 5) is 34.9. The van der Waals surface area contributed by atoms with Gasteiger partial charge in [-0.15, -0.1) is 0 Å². The number of carboxylic acid groups (broad SMARTS) is 1. The molecule has 1 saturated carbocycles. The van der Waals surface area contributed by atoms with Gasteiger partial charge in [-0.25, -0.2) is 19.2 Å². The van der Waals surface area contributed by atoms with Crippen molar-refractivity contribution >= 4 is 33.9 Å². The lowest BCUT2D eigenvalue weighted by Gasteiger charge is -2.31. The lowest BCUT2D eigenvalue weighted by atomic mass is 9.97. The quantitative estimate of drug-likeness (QED) is 0.220. The monoisotopic (exact) mass is 617 g/mol. The molecule has 1 aliphatic heterocycles. The summed E-state index contributed by atoms with van der Waals surface area (Å²) in [5.74, 6) is 1.39. The standard InChI is InChI=1S/C32H33F2N7O4/c1-38-25-11-20-7-9-40(16-22(14-33)36-32(43)44)31(42)23(20)13-24(25)37-30(38)26-12-21-3-2-4-27(29(21)41(26)15-19-5-6-19)45-28(34)17-39-10-8-35-18-39/h2-4,8,10-13,18-19,22,28,36H,5-7,9,14-17H2,1H3,(H,43,44)/t22-,28?/m1/s1.